The van der Waals surface area contributed by atoms with Gasteiger partial charge in [0.15, 0.2) is 5.82 Å². The fraction of sp³-hybridized carbons (Fsp3) is 0.824. The summed E-state index contributed by atoms with van der Waals surface area (Å²) < 4.78 is 5.43. The van der Waals surface area contributed by atoms with Gasteiger partial charge in [0.1, 0.15) is 0 Å². The summed E-state index contributed by atoms with van der Waals surface area (Å²) in [6.45, 7) is 13.0. The van der Waals surface area contributed by atoms with E-state index < -0.39 is 0 Å². The zero-order valence-corrected chi connectivity index (χ0v) is 15.5. The summed E-state index contributed by atoms with van der Waals surface area (Å²) in [5.41, 5.74) is 0. The number of piperazine rings is 1. The van der Waals surface area contributed by atoms with E-state index in [-0.39, 0.29) is 12.1 Å². The second kappa shape index (κ2) is 9.01. The first kappa shape index (κ1) is 18.7. The summed E-state index contributed by atoms with van der Waals surface area (Å²) in [4.78, 5) is 23.0. The number of urea groups is 1. The molecule has 0 saturated carbocycles. The lowest BCUT2D eigenvalue weighted by Gasteiger charge is -2.38. The quantitative estimate of drug-likeness (QED) is 0.765. The van der Waals surface area contributed by atoms with Crippen LogP contribution in [0.25, 0.3) is 0 Å². The van der Waals surface area contributed by atoms with Crippen LogP contribution >= 0.6 is 0 Å². The van der Waals surface area contributed by atoms with Crippen molar-refractivity contribution in [2.45, 2.75) is 53.0 Å². The smallest absolute Gasteiger partial charge is 0.320 e. The highest BCUT2D eigenvalue weighted by Gasteiger charge is 2.28. The minimum atomic E-state index is 0.0959. The van der Waals surface area contributed by atoms with Crippen LogP contribution in [0.3, 0.4) is 0 Å². The minimum Gasteiger partial charge on any atom is -0.338 e. The van der Waals surface area contributed by atoms with Gasteiger partial charge in [-0.1, -0.05) is 18.5 Å². The van der Waals surface area contributed by atoms with Gasteiger partial charge in [-0.15, -0.1) is 0 Å². The fourth-order valence-corrected chi connectivity index (χ4v) is 3.02. The van der Waals surface area contributed by atoms with Gasteiger partial charge >= 0.3 is 6.03 Å². The number of amides is 2. The van der Waals surface area contributed by atoms with Crippen molar-refractivity contribution in [3.05, 3.63) is 11.7 Å². The molecule has 0 N–H and O–H groups in total. The molecule has 2 amide bonds. The lowest BCUT2D eigenvalue weighted by molar-refractivity contribution is 0.0866. The Labute approximate surface area is 145 Å². The largest absolute Gasteiger partial charge is 0.338 e. The highest BCUT2D eigenvalue weighted by molar-refractivity contribution is 5.74. The molecule has 24 heavy (non-hydrogen) atoms. The number of hydrogen-bond acceptors (Lipinski definition) is 5. The van der Waals surface area contributed by atoms with E-state index in [0.29, 0.717) is 5.89 Å². The first-order valence-corrected chi connectivity index (χ1v) is 9.21. The Morgan fingerprint density at radius 3 is 2.46 bits per heavy atom. The lowest BCUT2D eigenvalue weighted by Crippen LogP contribution is -2.53. The van der Waals surface area contributed by atoms with Crippen LogP contribution in [0.2, 0.25) is 0 Å². The zero-order chi connectivity index (χ0) is 17.5. The molecule has 1 aliphatic heterocycles. The highest BCUT2D eigenvalue weighted by atomic mass is 16.5. The third-order valence-electron chi connectivity index (χ3n) is 4.76. The summed E-state index contributed by atoms with van der Waals surface area (Å²) in [6, 6.07) is 0.241. The van der Waals surface area contributed by atoms with Crippen molar-refractivity contribution in [1.82, 2.24) is 24.8 Å². The van der Waals surface area contributed by atoms with Gasteiger partial charge in [0, 0.05) is 45.7 Å². The maximum absolute atomic E-state index is 12.4. The molecule has 136 valence electrons. The molecule has 0 unspecified atom stereocenters. The van der Waals surface area contributed by atoms with E-state index in [2.05, 4.69) is 28.9 Å². The molecule has 0 bridgehead atoms. The van der Waals surface area contributed by atoms with Gasteiger partial charge < -0.3 is 14.3 Å². The molecule has 7 heteroatoms. The van der Waals surface area contributed by atoms with Gasteiger partial charge in [0.2, 0.25) is 5.89 Å². The zero-order valence-electron chi connectivity index (χ0n) is 15.5. The van der Waals surface area contributed by atoms with Crippen molar-refractivity contribution in [2.24, 2.45) is 0 Å². The molecule has 7 nitrogen and oxygen atoms in total. The topological polar surface area (TPSA) is 65.7 Å². The Kier molecular flexibility index (Phi) is 7.02. The monoisotopic (exact) mass is 337 g/mol. The summed E-state index contributed by atoms with van der Waals surface area (Å²) in [5.74, 6) is 1.48. The third kappa shape index (κ3) is 4.47. The van der Waals surface area contributed by atoms with Gasteiger partial charge in [0.05, 0.1) is 6.04 Å². The SMILES string of the molecule is CCCCc1noc([C@@H](C)N2CCN(C(=O)N(CC)CC)CC2)n1. The first-order chi connectivity index (χ1) is 11.6. The van der Waals surface area contributed by atoms with Gasteiger partial charge in [0.25, 0.3) is 0 Å². The Morgan fingerprint density at radius 2 is 1.88 bits per heavy atom. The number of nitrogens with zero attached hydrogens (tertiary/aromatic N) is 5. The number of carbonyl (C=O) groups is 1. The molecule has 2 rings (SSSR count). The van der Waals surface area contributed by atoms with Crippen molar-refractivity contribution < 1.29 is 9.32 Å². The van der Waals surface area contributed by atoms with E-state index in [1.54, 1.807) is 0 Å². The van der Waals surface area contributed by atoms with Crippen molar-refractivity contribution >= 4 is 6.03 Å². The van der Waals surface area contributed by atoms with Crippen LogP contribution in [0, 0.1) is 0 Å². The molecular formula is C17H31N5O2. The number of aromatic nitrogens is 2. The predicted molar refractivity (Wildman–Crippen MR) is 92.8 cm³/mol. The molecule has 0 radical (unpaired) electrons. The molecule has 1 saturated heterocycles. The van der Waals surface area contributed by atoms with E-state index in [9.17, 15) is 4.79 Å². The molecule has 1 aliphatic rings. The van der Waals surface area contributed by atoms with Gasteiger partial charge in [-0.2, -0.15) is 4.98 Å². The van der Waals surface area contributed by atoms with Crippen molar-refractivity contribution in [1.29, 1.82) is 0 Å². The van der Waals surface area contributed by atoms with E-state index in [4.69, 9.17) is 4.52 Å². The van der Waals surface area contributed by atoms with Crippen LogP contribution in [-0.2, 0) is 6.42 Å². The molecule has 0 aromatic carbocycles. The third-order valence-corrected chi connectivity index (χ3v) is 4.76. The molecule has 1 atom stereocenters. The van der Waals surface area contributed by atoms with Crippen LogP contribution < -0.4 is 0 Å². The van der Waals surface area contributed by atoms with Crippen molar-refractivity contribution in [2.75, 3.05) is 39.3 Å². The van der Waals surface area contributed by atoms with E-state index in [1.807, 2.05) is 23.6 Å². The number of carbonyl (C=O) groups excluding carboxylic acids is 1. The van der Waals surface area contributed by atoms with Crippen LogP contribution in [0.15, 0.2) is 4.52 Å². The van der Waals surface area contributed by atoms with Crippen LogP contribution in [-0.4, -0.2) is 70.1 Å². The fourth-order valence-electron chi connectivity index (χ4n) is 3.02. The maximum Gasteiger partial charge on any atom is 0.320 e. The summed E-state index contributed by atoms with van der Waals surface area (Å²) in [7, 11) is 0. The molecule has 1 fully saturated rings. The summed E-state index contributed by atoms with van der Waals surface area (Å²) in [5, 5.41) is 4.07. The number of hydrogen-bond donors (Lipinski definition) is 0. The van der Waals surface area contributed by atoms with E-state index >= 15 is 0 Å². The van der Waals surface area contributed by atoms with Gasteiger partial charge in [-0.05, 0) is 27.2 Å². The Bertz CT molecular complexity index is 507. The van der Waals surface area contributed by atoms with Crippen LogP contribution in [0.1, 0.15) is 58.3 Å². The lowest BCUT2D eigenvalue weighted by atomic mass is 10.2. The minimum absolute atomic E-state index is 0.0959. The predicted octanol–water partition coefficient (Wildman–Crippen LogP) is 2.55. The van der Waals surface area contributed by atoms with Crippen LogP contribution in [0.5, 0.6) is 0 Å². The highest BCUT2D eigenvalue weighted by Crippen LogP contribution is 2.21. The molecular weight excluding hydrogens is 306 g/mol. The van der Waals surface area contributed by atoms with Gasteiger partial charge in [-0.25, -0.2) is 4.79 Å². The normalized spacial score (nSPS) is 17.1. The average molecular weight is 337 g/mol. The summed E-state index contributed by atoms with van der Waals surface area (Å²) in [6.07, 6.45) is 3.08. The Morgan fingerprint density at radius 1 is 1.21 bits per heavy atom. The Hall–Kier alpha value is -1.63. The average Bonchev–Trinajstić information content (AvgIpc) is 3.09. The van der Waals surface area contributed by atoms with Crippen LogP contribution in [0.4, 0.5) is 4.79 Å². The summed E-state index contributed by atoms with van der Waals surface area (Å²) >= 11 is 0. The van der Waals surface area contributed by atoms with Crippen molar-refractivity contribution in [3.8, 4) is 0 Å². The molecule has 2 heterocycles. The number of unbranched alkanes of at least 4 members (excludes halogenated alkanes) is 1. The molecule has 0 spiro atoms. The second-order valence-electron chi connectivity index (χ2n) is 6.31. The van der Waals surface area contributed by atoms with E-state index in [1.165, 1.54) is 0 Å². The Balaban J connectivity index is 1.87. The molecule has 1 aromatic heterocycles. The molecule has 0 aliphatic carbocycles. The number of rotatable bonds is 7. The van der Waals surface area contributed by atoms with Crippen molar-refractivity contribution in [3.63, 3.8) is 0 Å². The van der Waals surface area contributed by atoms with E-state index in [0.717, 1.165) is 64.4 Å². The maximum atomic E-state index is 12.4. The number of aryl methyl sites for hydroxylation is 1. The first-order valence-electron chi connectivity index (χ1n) is 9.21. The molecule has 1 aromatic rings. The second-order valence-corrected chi connectivity index (χ2v) is 6.31. The standard InChI is InChI=1S/C17H31N5O2/c1-5-8-9-15-18-16(24-19-15)14(4)21-10-12-22(13-11-21)17(23)20(6-2)7-3/h14H,5-13H2,1-4H3/t14-/m1/s1. The van der Waals surface area contributed by atoms with Gasteiger partial charge in [-0.3, -0.25) is 4.90 Å².